The average molecular weight is 588 g/mol. The van der Waals surface area contributed by atoms with Gasteiger partial charge in [0.25, 0.3) is 5.69 Å². The van der Waals surface area contributed by atoms with E-state index in [1.807, 2.05) is 44.2 Å². The van der Waals surface area contributed by atoms with E-state index in [0.717, 1.165) is 5.56 Å². The van der Waals surface area contributed by atoms with Crippen molar-refractivity contribution in [2.75, 3.05) is 26.3 Å². The summed E-state index contributed by atoms with van der Waals surface area (Å²) in [6, 6.07) is 14.4. The Morgan fingerprint density at radius 3 is 2.36 bits per heavy atom. The van der Waals surface area contributed by atoms with Crippen molar-refractivity contribution < 1.29 is 38.3 Å². The normalized spacial score (nSPS) is 16.5. The van der Waals surface area contributed by atoms with Crippen LogP contribution in [-0.4, -0.2) is 72.4 Å². The van der Waals surface area contributed by atoms with E-state index in [4.69, 9.17) is 23.8 Å². The maximum absolute atomic E-state index is 13.0. The average Bonchev–Trinajstić information content (AvgIpc) is 3.40. The van der Waals surface area contributed by atoms with Crippen molar-refractivity contribution >= 4 is 17.9 Å². The predicted octanol–water partition coefficient (Wildman–Crippen LogP) is 5.29. The molecule has 0 aromatic heterocycles. The zero-order valence-electron chi connectivity index (χ0n) is 24.8. The van der Waals surface area contributed by atoms with Gasteiger partial charge in [0.1, 0.15) is 23.6 Å². The van der Waals surface area contributed by atoms with Crippen molar-refractivity contribution in [1.82, 2.24) is 10.4 Å². The van der Waals surface area contributed by atoms with Gasteiger partial charge in [0.2, 0.25) is 0 Å². The first-order valence-corrected chi connectivity index (χ1v) is 14.0. The van der Waals surface area contributed by atoms with Gasteiger partial charge in [0.15, 0.2) is 0 Å². The molecule has 1 amide bonds. The molecule has 1 fully saturated rings. The van der Waals surface area contributed by atoms with E-state index in [1.165, 1.54) is 24.3 Å². The number of carbonyl (C=O) groups excluding carboxylic acids is 2. The van der Waals surface area contributed by atoms with Gasteiger partial charge < -0.3 is 29.1 Å². The van der Waals surface area contributed by atoms with Crippen molar-refractivity contribution in [3.63, 3.8) is 0 Å². The number of hydrogen-bond acceptors (Lipinski definition) is 10. The second-order valence-electron chi connectivity index (χ2n) is 11.5. The van der Waals surface area contributed by atoms with Gasteiger partial charge >= 0.3 is 12.2 Å². The van der Waals surface area contributed by atoms with Gasteiger partial charge in [-0.1, -0.05) is 44.2 Å². The topological polar surface area (TPSA) is 139 Å². The summed E-state index contributed by atoms with van der Waals surface area (Å²) in [7, 11) is 0. The van der Waals surface area contributed by atoms with E-state index in [2.05, 4.69) is 5.32 Å². The van der Waals surface area contributed by atoms with Crippen LogP contribution in [0.3, 0.4) is 0 Å². The molecule has 0 saturated carbocycles. The number of benzene rings is 2. The minimum atomic E-state index is -0.940. The molecule has 0 bridgehead atoms. The zero-order valence-corrected chi connectivity index (χ0v) is 24.8. The van der Waals surface area contributed by atoms with Crippen LogP contribution in [0, 0.1) is 16.0 Å². The van der Waals surface area contributed by atoms with Gasteiger partial charge in [-0.05, 0) is 50.8 Å². The van der Waals surface area contributed by atoms with E-state index in [1.54, 1.807) is 25.8 Å². The summed E-state index contributed by atoms with van der Waals surface area (Å²) < 4.78 is 22.2. The Balaban J connectivity index is 1.90. The minimum absolute atomic E-state index is 0.0404. The molecular weight excluding hydrogens is 546 g/mol. The summed E-state index contributed by atoms with van der Waals surface area (Å²) in [5, 5.41) is 15.6. The molecule has 12 heteroatoms. The Bertz CT molecular complexity index is 1150. The molecule has 1 N–H and O–H groups in total. The summed E-state index contributed by atoms with van der Waals surface area (Å²) >= 11 is 0. The van der Waals surface area contributed by atoms with Gasteiger partial charge in [-0.2, -0.15) is 0 Å². The Hall–Kier alpha value is -3.90. The van der Waals surface area contributed by atoms with Crippen LogP contribution in [-0.2, 0) is 25.4 Å². The lowest BCUT2D eigenvalue weighted by atomic mass is 10.0. The first-order valence-electron chi connectivity index (χ1n) is 14.0. The SMILES string of the molecule is CC(C)CN(C[C@@H](OC(=O)OC1CCOC1)[C@H](Cc1ccccc1)NC(=O)OC(C)(C)C)Oc1ccc([N+](=O)[O-])cc1. The molecule has 1 aliphatic heterocycles. The third kappa shape index (κ3) is 11.5. The molecule has 1 saturated heterocycles. The van der Waals surface area contributed by atoms with Crippen LogP contribution in [0.2, 0.25) is 0 Å². The molecule has 0 spiro atoms. The lowest BCUT2D eigenvalue weighted by Crippen LogP contribution is -2.53. The Morgan fingerprint density at radius 2 is 1.79 bits per heavy atom. The maximum Gasteiger partial charge on any atom is 0.509 e. The Labute approximate surface area is 246 Å². The van der Waals surface area contributed by atoms with Gasteiger partial charge in [-0.3, -0.25) is 10.1 Å². The van der Waals surface area contributed by atoms with Gasteiger partial charge in [0, 0.05) is 25.1 Å². The predicted molar refractivity (Wildman–Crippen MR) is 154 cm³/mol. The fraction of sp³-hybridized carbons (Fsp3) is 0.533. The van der Waals surface area contributed by atoms with E-state index in [9.17, 15) is 19.7 Å². The van der Waals surface area contributed by atoms with Crippen LogP contribution in [0.4, 0.5) is 15.3 Å². The maximum atomic E-state index is 13.0. The van der Waals surface area contributed by atoms with Crippen molar-refractivity contribution in [3.05, 3.63) is 70.3 Å². The molecule has 12 nitrogen and oxygen atoms in total. The Morgan fingerprint density at radius 1 is 1.10 bits per heavy atom. The number of carbonyl (C=O) groups is 2. The monoisotopic (exact) mass is 587 g/mol. The number of nitro groups is 1. The van der Waals surface area contributed by atoms with Gasteiger partial charge in [-0.15, -0.1) is 5.06 Å². The van der Waals surface area contributed by atoms with E-state index in [-0.39, 0.29) is 24.8 Å². The van der Waals surface area contributed by atoms with Gasteiger partial charge in [-0.25, -0.2) is 9.59 Å². The molecule has 3 atom stereocenters. The number of rotatable bonds is 13. The third-order valence-corrected chi connectivity index (χ3v) is 6.08. The van der Waals surface area contributed by atoms with E-state index in [0.29, 0.717) is 31.7 Å². The summed E-state index contributed by atoms with van der Waals surface area (Å²) in [6.45, 7) is 10.5. The molecule has 1 heterocycles. The highest BCUT2D eigenvalue weighted by Crippen LogP contribution is 2.21. The standard InChI is InChI=1S/C30H41N3O9/c1-21(2)18-32(42-24-13-11-23(12-14-24)33(36)37)19-27(40-29(35)39-25-15-16-38-20-25)26(17-22-9-7-6-8-10-22)31-28(34)41-30(3,4)5/h6-14,21,25-27H,15-20H2,1-5H3,(H,31,34)/t25?,26-,27+/m0/s1. The zero-order chi connectivity index (χ0) is 30.7. The molecule has 0 aliphatic carbocycles. The van der Waals surface area contributed by atoms with Gasteiger partial charge in [0.05, 0.1) is 30.7 Å². The molecule has 2 aromatic carbocycles. The quantitative estimate of drug-likeness (QED) is 0.187. The highest BCUT2D eigenvalue weighted by atomic mass is 16.7. The lowest BCUT2D eigenvalue weighted by molar-refractivity contribution is -0.384. The number of ether oxygens (including phenoxy) is 4. The third-order valence-electron chi connectivity index (χ3n) is 6.08. The second kappa shape index (κ2) is 15.4. The van der Waals surface area contributed by atoms with E-state index >= 15 is 0 Å². The van der Waals surface area contributed by atoms with Crippen LogP contribution < -0.4 is 10.2 Å². The summed E-state index contributed by atoms with van der Waals surface area (Å²) in [6.07, 6.45) is -2.04. The number of amides is 1. The number of hydrogen-bond donors (Lipinski definition) is 1. The first kappa shape index (κ1) is 32.6. The van der Waals surface area contributed by atoms with Crippen molar-refractivity contribution in [1.29, 1.82) is 0 Å². The highest BCUT2D eigenvalue weighted by molar-refractivity contribution is 5.68. The molecule has 0 radical (unpaired) electrons. The largest absolute Gasteiger partial charge is 0.509 e. The van der Waals surface area contributed by atoms with Crippen LogP contribution in [0.25, 0.3) is 0 Å². The second-order valence-corrected chi connectivity index (χ2v) is 11.5. The molecule has 230 valence electrons. The smallest absolute Gasteiger partial charge is 0.444 e. The van der Waals surface area contributed by atoms with Crippen molar-refractivity contribution in [3.8, 4) is 5.75 Å². The fourth-order valence-electron chi connectivity index (χ4n) is 4.28. The van der Waals surface area contributed by atoms with Crippen LogP contribution in [0.15, 0.2) is 54.6 Å². The lowest BCUT2D eigenvalue weighted by Gasteiger charge is -2.33. The van der Waals surface area contributed by atoms with Crippen molar-refractivity contribution in [2.45, 2.75) is 71.3 Å². The summed E-state index contributed by atoms with van der Waals surface area (Å²) in [5.74, 6) is 0.503. The minimum Gasteiger partial charge on any atom is -0.444 e. The van der Waals surface area contributed by atoms with Crippen LogP contribution in [0.5, 0.6) is 5.75 Å². The number of alkyl carbamates (subject to hydrolysis) is 1. The fourth-order valence-corrected chi connectivity index (χ4v) is 4.28. The number of nitrogens with one attached hydrogen (secondary N) is 1. The first-order chi connectivity index (χ1) is 19.9. The van der Waals surface area contributed by atoms with Crippen LogP contribution in [0.1, 0.15) is 46.6 Å². The number of nitrogens with zero attached hydrogens (tertiary/aromatic N) is 2. The number of nitro benzene ring substituents is 1. The number of non-ortho nitro benzene ring substituents is 1. The molecule has 2 aromatic rings. The molecule has 3 rings (SSSR count). The van der Waals surface area contributed by atoms with Crippen molar-refractivity contribution in [2.24, 2.45) is 5.92 Å². The van der Waals surface area contributed by atoms with Crippen LogP contribution >= 0.6 is 0 Å². The molecular formula is C30H41N3O9. The highest BCUT2D eigenvalue weighted by Gasteiger charge is 2.33. The Kier molecular flexibility index (Phi) is 11.9. The summed E-state index contributed by atoms with van der Waals surface area (Å²) in [4.78, 5) is 42.6. The molecule has 1 aliphatic rings. The number of hydroxylamine groups is 2. The summed E-state index contributed by atoms with van der Waals surface area (Å²) in [5.41, 5.74) is 0.0838. The molecule has 1 unspecified atom stereocenters. The molecule has 42 heavy (non-hydrogen) atoms. The van der Waals surface area contributed by atoms with E-state index < -0.39 is 41.0 Å².